The zero-order valence-corrected chi connectivity index (χ0v) is 17.4. The van der Waals surface area contributed by atoms with Crippen molar-refractivity contribution in [3.8, 4) is 11.5 Å². The van der Waals surface area contributed by atoms with Gasteiger partial charge in [0, 0.05) is 6.54 Å². The largest absolute Gasteiger partial charge is 0.465 e. The predicted molar refractivity (Wildman–Crippen MR) is 115 cm³/mol. The number of benzene rings is 3. The van der Waals surface area contributed by atoms with Crippen LogP contribution in [0.2, 0.25) is 0 Å². The van der Waals surface area contributed by atoms with Crippen molar-refractivity contribution in [2.75, 3.05) is 13.9 Å². The number of rotatable bonds is 6. The smallest absolute Gasteiger partial charge is 0.338 e. The van der Waals surface area contributed by atoms with Crippen molar-refractivity contribution in [2.45, 2.75) is 19.5 Å². The SMILES string of the molecule is COC(=O)c1ccccc1C(=O)N(Cc1ccc2c(c1)OCO2)[C@H](C)c1ccccc1. The summed E-state index contributed by atoms with van der Waals surface area (Å²) in [6.45, 7) is 2.50. The van der Waals surface area contributed by atoms with E-state index in [0.29, 0.717) is 23.6 Å². The lowest BCUT2D eigenvalue weighted by Gasteiger charge is -2.30. The standard InChI is InChI=1S/C25H23NO5/c1-17(19-8-4-3-5-9-19)26(15-18-12-13-22-23(14-18)31-16-30-22)24(27)20-10-6-7-11-21(20)25(28)29-2/h3-14,17H,15-16H2,1-2H3/t17-/m1/s1. The number of esters is 1. The molecule has 4 rings (SSSR count). The van der Waals surface area contributed by atoms with Crippen LogP contribution in [0.15, 0.2) is 72.8 Å². The van der Waals surface area contributed by atoms with Crippen molar-refractivity contribution >= 4 is 11.9 Å². The molecule has 1 aliphatic rings. The monoisotopic (exact) mass is 417 g/mol. The Hall–Kier alpha value is -3.80. The quantitative estimate of drug-likeness (QED) is 0.548. The molecule has 0 aliphatic carbocycles. The molecule has 0 N–H and O–H groups in total. The molecule has 3 aromatic rings. The van der Waals surface area contributed by atoms with Crippen LogP contribution in [0.1, 0.15) is 44.8 Å². The van der Waals surface area contributed by atoms with Crippen LogP contribution < -0.4 is 9.47 Å². The molecule has 1 heterocycles. The minimum Gasteiger partial charge on any atom is -0.465 e. The lowest BCUT2D eigenvalue weighted by molar-refractivity contribution is 0.0581. The molecular weight excluding hydrogens is 394 g/mol. The van der Waals surface area contributed by atoms with Gasteiger partial charge in [0.2, 0.25) is 6.79 Å². The van der Waals surface area contributed by atoms with E-state index < -0.39 is 5.97 Å². The fourth-order valence-corrected chi connectivity index (χ4v) is 3.64. The molecule has 6 heteroatoms. The summed E-state index contributed by atoms with van der Waals surface area (Å²) in [4.78, 5) is 27.7. The Bertz CT molecular complexity index is 1100. The molecule has 0 aromatic heterocycles. The van der Waals surface area contributed by atoms with E-state index in [9.17, 15) is 9.59 Å². The fourth-order valence-electron chi connectivity index (χ4n) is 3.64. The summed E-state index contributed by atoms with van der Waals surface area (Å²) >= 11 is 0. The zero-order chi connectivity index (χ0) is 21.8. The molecule has 31 heavy (non-hydrogen) atoms. The van der Waals surface area contributed by atoms with Crippen molar-refractivity contribution in [1.82, 2.24) is 4.90 Å². The van der Waals surface area contributed by atoms with Crippen LogP contribution in [0.5, 0.6) is 11.5 Å². The maximum atomic E-state index is 13.7. The summed E-state index contributed by atoms with van der Waals surface area (Å²) < 4.78 is 15.8. The molecule has 0 bridgehead atoms. The van der Waals surface area contributed by atoms with Gasteiger partial charge in [-0.05, 0) is 42.3 Å². The first kappa shape index (κ1) is 20.5. The highest BCUT2D eigenvalue weighted by atomic mass is 16.7. The number of fused-ring (bicyclic) bond motifs is 1. The first-order chi connectivity index (χ1) is 15.1. The highest BCUT2D eigenvalue weighted by Gasteiger charge is 2.27. The molecule has 0 saturated heterocycles. The lowest BCUT2D eigenvalue weighted by Crippen LogP contribution is -2.34. The van der Waals surface area contributed by atoms with E-state index in [0.717, 1.165) is 11.1 Å². The van der Waals surface area contributed by atoms with Gasteiger partial charge in [-0.25, -0.2) is 4.79 Å². The van der Waals surface area contributed by atoms with Crippen molar-refractivity contribution in [1.29, 1.82) is 0 Å². The highest BCUT2D eigenvalue weighted by Crippen LogP contribution is 2.34. The van der Waals surface area contributed by atoms with Crippen LogP contribution in [-0.2, 0) is 11.3 Å². The Balaban J connectivity index is 1.72. The average Bonchev–Trinajstić information content (AvgIpc) is 3.29. The van der Waals surface area contributed by atoms with Crippen LogP contribution in [0, 0.1) is 0 Å². The third-order valence-electron chi connectivity index (χ3n) is 5.36. The maximum Gasteiger partial charge on any atom is 0.338 e. The van der Waals surface area contributed by atoms with Crippen molar-refractivity contribution < 1.29 is 23.8 Å². The van der Waals surface area contributed by atoms with Crippen LogP contribution in [-0.4, -0.2) is 30.7 Å². The van der Waals surface area contributed by atoms with Crippen molar-refractivity contribution in [2.24, 2.45) is 0 Å². The molecule has 0 fully saturated rings. The minimum absolute atomic E-state index is 0.189. The molecule has 3 aromatic carbocycles. The van der Waals surface area contributed by atoms with Crippen LogP contribution in [0.4, 0.5) is 0 Å². The number of hydrogen-bond acceptors (Lipinski definition) is 5. The predicted octanol–water partition coefficient (Wildman–Crippen LogP) is 4.61. The van der Waals surface area contributed by atoms with Gasteiger partial charge in [0.1, 0.15) is 0 Å². The van der Waals surface area contributed by atoms with Crippen LogP contribution >= 0.6 is 0 Å². The summed E-state index contributed by atoms with van der Waals surface area (Å²) in [7, 11) is 1.31. The number of amides is 1. The van der Waals surface area contributed by atoms with Crippen LogP contribution in [0.25, 0.3) is 0 Å². The summed E-state index contributed by atoms with van der Waals surface area (Å²) in [5.74, 6) is 0.551. The molecule has 0 spiro atoms. The molecule has 158 valence electrons. The molecule has 0 radical (unpaired) electrons. The first-order valence-corrected chi connectivity index (χ1v) is 10.00. The van der Waals surface area contributed by atoms with Crippen LogP contribution in [0.3, 0.4) is 0 Å². The summed E-state index contributed by atoms with van der Waals surface area (Å²) in [6, 6.07) is 21.9. The molecule has 0 unspecified atom stereocenters. The van der Waals surface area contributed by atoms with Gasteiger partial charge in [0.15, 0.2) is 11.5 Å². The summed E-state index contributed by atoms with van der Waals surface area (Å²) in [5.41, 5.74) is 2.44. The normalized spacial score (nSPS) is 12.8. The van der Waals surface area contributed by atoms with Crippen molar-refractivity contribution in [3.63, 3.8) is 0 Å². The van der Waals surface area contributed by atoms with E-state index >= 15 is 0 Å². The second-order valence-corrected chi connectivity index (χ2v) is 7.24. The number of carbonyl (C=O) groups is 2. The Kier molecular flexibility index (Phi) is 5.89. The van der Waals surface area contributed by atoms with Gasteiger partial charge in [-0.2, -0.15) is 0 Å². The number of ether oxygens (including phenoxy) is 3. The van der Waals surface area contributed by atoms with Gasteiger partial charge in [-0.1, -0.05) is 48.5 Å². The third kappa shape index (κ3) is 4.23. The minimum atomic E-state index is -0.542. The van der Waals surface area contributed by atoms with Gasteiger partial charge in [-0.3, -0.25) is 4.79 Å². The Morgan fingerprint density at radius 2 is 1.61 bits per heavy atom. The molecule has 1 aliphatic heterocycles. The summed E-state index contributed by atoms with van der Waals surface area (Å²) in [5, 5.41) is 0. The van der Waals surface area contributed by atoms with Gasteiger partial charge in [0.05, 0.1) is 24.3 Å². The number of methoxy groups -OCH3 is 1. The Morgan fingerprint density at radius 3 is 2.35 bits per heavy atom. The lowest BCUT2D eigenvalue weighted by atomic mass is 10.0. The Morgan fingerprint density at radius 1 is 0.935 bits per heavy atom. The van der Waals surface area contributed by atoms with E-state index in [-0.39, 0.29) is 24.3 Å². The van der Waals surface area contributed by atoms with Crippen molar-refractivity contribution in [3.05, 3.63) is 95.1 Å². The molecule has 6 nitrogen and oxygen atoms in total. The molecule has 0 saturated carbocycles. The molecular formula is C25H23NO5. The van der Waals surface area contributed by atoms with Gasteiger partial charge < -0.3 is 19.1 Å². The zero-order valence-electron chi connectivity index (χ0n) is 17.4. The van der Waals surface area contributed by atoms with Gasteiger partial charge >= 0.3 is 5.97 Å². The van der Waals surface area contributed by atoms with Gasteiger partial charge in [-0.15, -0.1) is 0 Å². The summed E-state index contributed by atoms with van der Waals surface area (Å²) in [6.07, 6.45) is 0. The average molecular weight is 417 g/mol. The number of nitrogens with zero attached hydrogens (tertiary/aromatic N) is 1. The van der Waals surface area contributed by atoms with Gasteiger partial charge in [0.25, 0.3) is 5.91 Å². The van der Waals surface area contributed by atoms with E-state index in [1.807, 2.05) is 55.5 Å². The second kappa shape index (κ2) is 8.92. The highest BCUT2D eigenvalue weighted by molar-refractivity contribution is 6.05. The second-order valence-electron chi connectivity index (χ2n) is 7.24. The van der Waals surface area contributed by atoms with E-state index in [1.54, 1.807) is 29.2 Å². The van der Waals surface area contributed by atoms with E-state index in [4.69, 9.17) is 14.2 Å². The number of hydrogen-bond donors (Lipinski definition) is 0. The Labute approximate surface area is 181 Å². The molecule has 1 amide bonds. The third-order valence-corrected chi connectivity index (χ3v) is 5.36. The van der Waals surface area contributed by atoms with E-state index in [2.05, 4.69) is 0 Å². The first-order valence-electron chi connectivity index (χ1n) is 10.00. The van der Waals surface area contributed by atoms with E-state index in [1.165, 1.54) is 7.11 Å². The topological polar surface area (TPSA) is 65.1 Å². The molecule has 1 atom stereocenters. The fraction of sp³-hybridized carbons (Fsp3) is 0.200. The maximum absolute atomic E-state index is 13.7. The number of carbonyl (C=O) groups excluding carboxylic acids is 2.